The second kappa shape index (κ2) is 7.28. The van der Waals surface area contributed by atoms with Crippen molar-refractivity contribution in [2.45, 2.75) is 50.7 Å². The Morgan fingerprint density at radius 1 is 1.23 bits per heavy atom. The van der Waals surface area contributed by atoms with Crippen molar-refractivity contribution in [2.75, 3.05) is 5.32 Å². The number of fused-ring (bicyclic) bond motifs is 3. The summed E-state index contributed by atoms with van der Waals surface area (Å²) < 4.78 is 25.4. The van der Waals surface area contributed by atoms with E-state index >= 15 is 4.39 Å². The number of hydrogen-bond acceptors (Lipinski definition) is 4. The molecule has 8 heteroatoms. The number of carbonyl (C=O) groups excluding carboxylic acids is 1. The molecular weight excluding hydrogens is 445 g/mol. The predicted molar refractivity (Wildman–Crippen MR) is 128 cm³/mol. The molecule has 0 unspecified atom stereocenters. The average Bonchev–Trinajstić information content (AvgIpc) is 3.74. The van der Waals surface area contributed by atoms with Crippen LogP contribution in [-0.4, -0.2) is 30.6 Å². The molecule has 1 amide bonds. The highest BCUT2D eigenvalue weighted by Crippen LogP contribution is 2.49. The van der Waals surface area contributed by atoms with Crippen LogP contribution in [0.25, 0.3) is 17.1 Å². The molecule has 3 aliphatic rings. The highest BCUT2D eigenvalue weighted by Gasteiger charge is 2.48. The van der Waals surface area contributed by atoms with E-state index in [1.54, 1.807) is 24.7 Å². The van der Waals surface area contributed by atoms with Crippen molar-refractivity contribution >= 4 is 11.6 Å². The lowest BCUT2D eigenvalue weighted by Gasteiger charge is -2.19. The lowest BCUT2D eigenvalue weighted by atomic mass is 10.1. The highest BCUT2D eigenvalue weighted by atomic mass is 19.1. The molecule has 1 spiro atoms. The number of ether oxygens (including phenoxy) is 1. The molecule has 2 aromatic heterocycles. The summed E-state index contributed by atoms with van der Waals surface area (Å²) in [7, 11) is 0. The van der Waals surface area contributed by atoms with E-state index in [1.165, 1.54) is 6.07 Å². The number of imidazole rings is 2. The van der Waals surface area contributed by atoms with Gasteiger partial charge in [-0.1, -0.05) is 6.07 Å². The molecule has 3 heterocycles. The number of benzene rings is 2. The van der Waals surface area contributed by atoms with Gasteiger partial charge < -0.3 is 19.2 Å². The summed E-state index contributed by atoms with van der Waals surface area (Å²) in [6.45, 7) is 2.55. The molecule has 2 fully saturated rings. The third-order valence-corrected chi connectivity index (χ3v) is 7.21. The summed E-state index contributed by atoms with van der Waals surface area (Å²) >= 11 is 0. The van der Waals surface area contributed by atoms with E-state index in [-0.39, 0.29) is 11.2 Å². The fraction of sp³-hybridized carbons (Fsp3) is 0.296. The predicted octanol–water partition coefficient (Wildman–Crippen LogP) is 5.24. The van der Waals surface area contributed by atoms with Crippen molar-refractivity contribution in [2.24, 2.45) is 0 Å². The first kappa shape index (κ1) is 20.4. The number of aryl methyl sites for hydroxylation is 1. The Balaban J connectivity index is 1.25. The normalized spacial score (nSPS) is 17.3. The number of nitrogens with zero attached hydrogens (tertiary/aromatic N) is 4. The Bertz CT molecular complexity index is 1500. The van der Waals surface area contributed by atoms with Gasteiger partial charge >= 0.3 is 0 Å². The number of nitrogens with one attached hydrogen (secondary N) is 1. The summed E-state index contributed by atoms with van der Waals surface area (Å²) in [5.41, 5.74) is 3.52. The van der Waals surface area contributed by atoms with E-state index in [0.717, 1.165) is 54.0 Å². The molecule has 0 atom stereocenters. The van der Waals surface area contributed by atoms with Crippen LogP contribution in [0.3, 0.4) is 0 Å². The molecule has 0 radical (unpaired) electrons. The lowest BCUT2D eigenvalue weighted by molar-refractivity contribution is 0.102. The van der Waals surface area contributed by atoms with Gasteiger partial charge in [0, 0.05) is 24.5 Å². The van der Waals surface area contributed by atoms with Crippen molar-refractivity contribution < 1.29 is 13.9 Å². The number of hydrogen-bond donors (Lipinski definition) is 1. The van der Waals surface area contributed by atoms with Gasteiger partial charge in [-0.3, -0.25) is 4.79 Å². The van der Waals surface area contributed by atoms with E-state index in [4.69, 9.17) is 4.74 Å². The fourth-order valence-corrected chi connectivity index (χ4v) is 4.92. The molecule has 1 aliphatic heterocycles. The summed E-state index contributed by atoms with van der Waals surface area (Å²) in [5, 5.41) is 2.91. The second-order valence-electron chi connectivity index (χ2n) is 9.90. The first-order valence-corrected chi connectivity index (χ1v) is 12.0. The quantitative estimate of drug-likeness (QED) is 0.444. The molecule has 2 aliphatic carbocycles. The lowest BCUT2D eigenvalue weighted by Crippen LogP contribution is -2.24. The van der Waals surface area contributed by atoms with Gasteiger partial charge in [0.1, 0.15) is 17.2 Å². The van der Waals surface area contributed by atoms with Crippen LogP contribution >= 0.6 is 0 Å². The van der Waals surface area contributed by atoms with Crippen molar-refractivity contribution in [1.82, 2.24) is 19.1 Å². The molecule has 7 nitrogen and oxygen atoms in total. The van der Waals surface area contributed by atoms with Gasteiger partial charge in [0.15, 0.2) is 5.75 Å². The van der Waals surface area contributed by atoms with Crippen LogP contribution in [0.5, 0.6) is 5.75 Å². The number of amides is 1. The molecule has 1 N–H and O–H groups in total. The van der Waals surface area contributed by atoms with Crippen LogP contribution in [0, 0.1) is 12.7 Å². The van der Waals surface area contributed by atoms with Crippen LogP contribution in [0.2, 0.25) is 0 Å². The maximum atomic E-state index is 15.0. The molecule has 2 saturated carbocycles. The Hall–Kier alpha value is -3.94. The van der Waals surface area contributed by atoms with Gasteiger partial charge in [0.05, 0.1) is 41.1 Å². The molecule has 0 saturated heterocycles. The fourth-order valence-electron chi connectivity index (χ4n) is 4.92. The minimum atomic E-state index is -0.566. The molecule has 2 aromatic carbocycles. The zero-order valence-corrected chi connectivity index (χ0v) is 19.3. The van der Waals surface area contributed by atoms with Gasteiger partial charge in [-0.2, -0.15) is 0 Å². The number of carbonyl (C=O) groups is 1. The van der Waals surface area contributed by atoms with E-state index in [1.807, 2.05) is 36.0 Å². The van der Waals surface area contributed by atoms with Crippen molar-refractivity contribution in [1.29, 1.82) is 0 Å². The monoisotopic (exact) mass is 469 g/mol. The minimum absolute atomic E-state index is 0.0267. The van der Waals surface area contributed by atoms with Crippen LogP contribution < -0.4 is 10.1 Å². The maximum Gasteiger partial charge on any atom is 0.258 e. The molecule has 0 bridgehead atoms. The Labute approximate surface area is 201 Å². The Kier molecular flexibility index (Phi) is 4.25. The summed E-state index contributed by atoms with van der Waals surface area (Å²) in [5.74, 6) is 0.803. The molecular formula is C27H24FN5O2. The third-order valence-electron chi connectivity index (χ3n) is 7.21. The molecule has 35 heavy (non-hydrogen) atoms. The summed E-state index contributed by atoms with van der Waals surface area (Å²) in [4.78, 5) is 22.4. The minimum Gasteiger partial charge on any atom is -0.482 e. The number of para-hydroxylation sites is 1. The largest absolute Gasteiger partial charge is 0.482 e. The number of anilines is 1. The SMILES string of the molecule is Cc1cc(F)c(C(=O)Nc2cccc3c2OC2(CC2)Cn2ccnc2-3)cc1-n1cnc(C2CC2)c1. The highest BCUT2D eigenvalue weighted by molar-refractivity contribution is 6.06. The summed E-state index contributed by atoms with van der Waals surface area (Å²) in [6, 6.07) is 8.57. The van der Waals surface area contributed by atoms with E-state index in [9.17, 15) is 4.79 Å². The smallest absolute Gasteiger partial charge is 0.258 e. The van der Waals surface area contributed by atoms with Gasteiger partial charge in [-0.15, -0.1) is 0 Å². The standard InChI is InChI=1S/C27H24FN5O2/c1-16-11-20(28)19(12-23(16)33-13-22(30-15-33)17-5-6-17)26(34)31-21-4-2-3-18-24(21)35-27(7-8-27)14-32-10-9-29-25(18)32/h2-4,9-13,15,17H,5-8,14H2,1H3,(H,31,34). The zero-order chi connectivity index (χ0) is 23.7. The van der Waals surface area contributed by atoms with Gasteiger partial charge in [-0.05, 0) is 62.4 Å². The topological polar surface area (TPSA) is 74.0 Å². The molecule has 176 valence electrons. The van der Waals surface area contributed by atoms with E-state index < -0.39 is 11.7 Å². The Morgan fingerprint density at radius 2 is 2.09 bits per heavy atom. The number of aromatic nitrogens is 4. The average molecular weight is 470 g/mol. The van der Waals surface area contributed by atoms with Crippen LogP contribution in [0.15, 0.2) is 55.2 Å². The second-order valence-corrected chi connectivity index (χ2v) is 9.90. The van der Waals surface area contributed by atoms with Crippen LogP contribution in [-0.2, 0) is 6.54 Å². The maximum absolute atomic E-state index is 15.0. The Morgan fingerprint density at radius 3 is 2.89 bits per heavy atom. The van der Waals surface area contributed by atoms with Gasteiger partial charge in [-0.25, -0.2) is 14.4 Å². The number of halogens is 1. The van der Waals surface area contributed by atoms with Crippen LogP contribution in [0.4, 0.5) is 10.1 Å². The van der Waals surface area contributed by atoms with Gasteiger partial charge in [0.25, 0.3) is 5.91 Å². The zero-order valence-electron chi connectivity index (χ0n) is 19.3. The van der Waals surface area contributed by atoms with Crippen LogP contribution in [0.1, 0.15) is 53.2 Å². The first-order chi connectivity index (χ1) is 17.0. The van der Waals surface area contributed by atoms with E-state index in [2.05, 4.69) is 19.9 Å². The third kappa shape index (κ3) is 3.43. The van der Waals surface area contributed by atoms with Crippen molar-refractivity contribution in [3.63, 3.8) is 0 Å². The molecule has 4 aromatic rings. The molecule has 7 rings (SSSR count). The van der Waals surface area contributed by atoms with Crippen molar-refractivity contribution in [3.8, 4) is 22.8 Å². The number of rotatable bonds is 4. The summed E-state index contributed by atoms with van der Waals surface area (Å²) in [6.07, 6.45) is 11.6. The first-order valence-electron chi connectivity index (χ1n) is 12.0. The van der Waals surface area contributed by atoms with Gasteiger partial charge in [0.2, 0.25) is 0 Å². The van der Waals surface area contributed by atoms with E-state index in [0.29, 0.717) is 23.9 Å². The van der Waals surface area contributed by atoms with Crippen molar-refractivity contribution in [3.05, 3.63) is 77.9 Å².